The minimum Gasteiger partial charge on any atom is -0.497 e. The molecular weight excluding hydrogens is 455 g/mol. The van der Waals surface area contributed by atoms with Crippen molar-refractivity contribution in [2.45, 2.75) is 30.5 Å². The van der Waals surface area contributed by atoms with E-state index in [4.69, 9.17) is 4.74 Å². The van der Waals surface area contributed by atoms with E-state index in [9.17, 15) is 9.90 Å². The zero-order valence-corrected chi connectivity index (χ0v) is 20.0. The average Bonchev–Trinajstić information content (AvgIpc) is 2.87. The molecule has 1 aliphatic heterocycles. The molecule has 1 aliphatic rings. The van der Waals surface area contributed by atoms with Gasteiger partial charge in [-0.1, -0.05) is 0 Å². The van der Waals surface area contributed by atoms with Crippen molar-refractivity contribution < 1.29 is 19.0 Å². The molecule has 3 heterocycles. The van der Waals surface area contributed by atoms with Gasteiger partial charge < -0.3 is 14.7 Å². The second-order valence-corrected chi connectivity index (χ2v) is 9.63. The number of ether oxygens (including phenoxy) is 1. The Balaban J connectivity index is 1.34. The molecule has 0 bridgehead atoms. The zero-order chi connectivity index (χ0) is 23.9. The summed E-state index contributed by atoms with van der Waals surface area (Å²) < 4.78 is 20.6. The number of rotatable bonds is 10. The Morgan fingerprint density at radius 1 is 1.29 bits per heavy atom. The van der Waals surface area contributed by atoms with Crippen LogP contribution in [-0.2, 0) is 4.79 Å². The summed E-state index contributed by atoms with van der Waals surface area (Å²) in [4.78, 5) is 26.8. The Kier molecular flexibility index (Phi) is 8.29. The Labute approximate surface area is 202 Å². The van der Waals surface area contributed by atoms with Gasteiger partial charge in [0.15, 0.2) is 0 Å². The first-order valence-electron chi connectivity index (χ1n) is 11.5. The molecule has 0 unspecified atom stereocenters. The van der Waals surface area contributed by atoms with Crippen LogP contribution >= 0.6 is 11.8 Å². The maximum atomic E-state index is 15.3. The van der Waals surface area contributed by atoms with Crippen LogP contribution < -0.4 is 4.74 Å². The number of carboxylic acid groups (broad SMARTS) is 1. The van der Waals surface area contributed by atoms with Gasteiger partial charge in [0, 0.05) is 42.8 Å². The molecule has 0 radical (unpaired) electrons. The SMILES string of the molecule is COc1ccc2nccc([C@H](F)CC[C@@H]3CCN(CCSc4cnccn4)C[C@@H]3C(=O)O)c2c1. The summed E-state index contributed by atoms with van der Waals surface area (Å²) in [6.07, 6.45) is 7.04. The highest BCUT2D eigenvalue weighted by atomic mass is 32.2. The van der Waals surface area contributed by atoms with Gasteiger partial charge in [-0.2, -0.15) is 0 Å². The Hall–Kier alpha value is -2.78. The topological polar surface area (TPSA) is 88.4 Å². The third kappa shape index (κ3) is 6.01. The number of alkyl halides is 1. The number of carbonyl (C=O) groups is 1. The first-order chi connectivity index (χ1) is 16.5. The fourth-order valence-electron chi connectivity index (χ4n) is 4.60. The summed E-state index contributed by atoms with van der Waals surface area (Å²) >= 11 is 1.61. The Morgan fingerprint density at radius 2 is 2.18 bits per heavy atom. The van der Waals surface area contributed by atoms with Gasteiger partial charge >= 0.3 is 5.97 Å². The summed E-state index contributed by atoms with van der Waals surface area (Å²) in [5, 5.41) is 11.4. The molecule has 0 spiro atoms. The van der Waals surface area contributed by atoms with E-state index in [-0.39, 0.29) is 12.3 Å². The predicted molar refractivity (Wildman–Crippen MR) is 130 cm³/mol. The molecule has 0 saturated carbocycles. The highest BCUT2D eigenvalue weighted by Gasteiger charge is 2.34. The summed E-state index contributed by atoms with van der Waals surface area (Å²) in [5.41, 5.74) is 1.30. The van der Waals surface area contributed by atoms with E-state index in [0.29, 0.717) is 24.3 Å². The number of benzene rings is 1. The number of fused-ring (bicyclic) bond motifs is 1. The lowest BCUT2D eigenvalue weighted by Crippen LogP contribution is -2.44. The average molecular weight is 485 g/mol. The number of aliphatic carboxylic acids is 1. The van der Waals surface area contributed by atoms with Crippen molar-refractivity contribution in [1.29, 1.82) is 0 Å². The number of hydrogen-bond donors (Lipinski definition) is 1. The van der Waals surface area contributed by atoms with Crippen molar-refractivity contribution in [2.75, 3.05) is 32.5 Å². The predicted octanol–water partition coefficient (Wildman–Crippen LogP) is 4.64. The summed E-state index contributed by atoms with van der Waals surface area (Å²) in [6, 6.07) is 7.15. The smallest absolute Gasteiger partial charge is 0.308 e. The summed E-state index contributed by atoms with van der Waals surface area (Å²) in [7, 11) is 1.58. The van der Waals surface area contributed by atoms with Gasteiger partial charge in [-0.3, -0.25) is 14.8 Å². The van der Waals surface area contributed by atoms with Crippen LogP contribution in [0.1, 0.15) is 31.0 Å². The van der Waals surface area contributed by atoms with E-state index in [2.05, 4.69) is 19.9 Å². The van der Waals surface area contributed by atoms with E-state index in [0.717, 1.165) is 41.2 Å². The molecule has 3 atom stereocenters. The van der Waals surface area contributed by atoms with Gasteiger partial charge in [-0.25, -0.2) is 9.37 Å². The van der Waals surface area contributed by atoms with Crippen molar-refractivity contribution >= 4 is 28.6 Å². The van der Waals surface area contributed by atoms with Crippen LogP contribution in [0, 0.1) is 11.8 Å². The van der Waals surface area contributed by atoms with Gasteiger partial charge in [0.1, 0.15) is 16.9 Å². The number of piperidine rings is 1. The van der Waals surface area contributed by atoms with E-state index in [1.807, 2.05) is 18.2 Å². The third-order valence-corrected chi connectivity index (χ3v) is 7.36. The number of pyridine rings is 1. The molecule has 1 saturated heterocycles. The van der Waals surface area contributed by atoms with Crippen LogP contribution in [-0.4, -0.2) is 63.4 Å². The monoisotopic (exact) mass is 484 g/mol. The molecule has 4 rings (SSSR count). The van der Waals surface area contributed by atoms with Gasteiger partial charge in [0.25, 0.3) is 0 Å². The zero-order valence-electron chi connectivity index (χ0n) is 19.1. The molecule has 0 aliphatic carbocycles. The van der Waals surface area contributed by atoms with Crippen molar-refractivity contribution in [2.24, 2.45) is 11.8 Å². The van der Waals surface area contributed by atoms with Gasteiger partial charge in [0.2, 0.25) is 0 Å². The molecule has 1 fully saturated rings. The Morgan fingerprint density at radius 3 is 2.94 bits per heavy atom. The van der Waals surface area contributed by atoms with Crippen LogP contribution in [0.4, 0.5) is 4.39 Å². The highest BCUT2D eigenvalue weighted by Crippen LogP contribution is 2.35. The third-order valence-electron chi connectivity index (χ3n) is 6.46. The number of methoxy groups -OCH3 is 1. The first-order valence-corrected chi connectivity index (χ1v) is 12.4. The fraction of sp³-hybridized carbons (Fsp3) is 0.440. The van der Waals surface area contributed by atoms with Crippen LogP contribution in [0.5, 0.6) is 5.75 Å². The number of carboxylic acids is 1. The molecule has 1 aromatic carbocycles. The summed E-state index contributed by atoms with van der Waals surface area (Å²) in [6.45, 7) is 2.10. The maximum absolute atomic E-state index is 15.3. The minimum atomic E-state index is -1.19. The maximum Gasteiger partial charge on any atom is 0.308 e. The molecule has 3 aromatic rings. The van der Waals surface area contributed by atoms with Crippen molar-refractivity contribution in [3.8, 4) is 5.75 Å². The van der Waals surface area contributed by atoms with Crippen LogP contribution in [0.25, 0.3) is 10.9 Å². The van der Waals surface area contributed by atoms with Crippen LogP contribution in [0.3, 0.4) is 0 Å². The van der Waals surface area contributed by atoms with Crippen LogP contribution in [0.2, 0.25) is 0 Å². The summed E-state index contributed by atoms with van der Waals surface area (Å²) in [5.74, 6) is 0.149. The fourth-order valence-corrected chi connectivity index (χ4v) is 5.43. The van der Waals surface area contributed by atoms with Gasteiger partial charge in [-0.05, 0) is 61.6 Å². The molecule has 34 heavy (non-hydrogen) atoms. The molecule has 2 aromatic heterocycles. The van der Waals surface area contributed by atoms with Gasteiger partial charge in [-0.15, -0.1) is 11.8 Å². The van der Waals surface area contributed by atoms with E-state index >= 15 is 4.39 Å². The number of halogens is 1. The molecule has 0 amide bonds. The standard InChI is InChI=1S/C25H29FN4O3S/c1-33-18-3-5-23-20(14-18)19(6-8-28-23)22(26)4-2-17-7-11-30(16-21(17)25(31)32)12-13-34-24-15-27-9-10-29-24/h3,5-6,8-10,14-15,17,21-22H,2,4,7,11-13,16H2,1H3,(H,31,32)/t17-,21+,22-/m1/s1. The van der Waals surface area contributed by atoms with Crippen molar-refractivity contribution in [1.82, 2.24) is 19.9 Å². The lowest BCUT2D eigenvalue weighted by molar-refractivity contribution is -0.146. The van der Waals surface area contributed by atoms with E-state index in [1.165, 1.54) is 0 Å². The molecule has 180 valence electrons. The number of nitrogens with zero attached hydrogens (tertiary/aromatic N) is 4. The second kappa shape index (κ2) is 11.6. The van der Waals surface area contributed by atoms with E-state index in [1.54, 1.807) is 49.7 Å². The molecule has 9 heteroatoms. The highest BCUT2D eigenvalue weighted by molar-refractivity contribution is 7.99. The minimum absolute atomic E-state index is 0.0396. The van der Waals surface area contributed by atoms with Crippen molar-refractivity contribution in [3.05, 3.63) is 54.6 Å². The lowest BCUT2D eigenvalue weighted by atomic mass is 9.81. The van der Waals surface area contributed by atoms with Crippen molar-refractivity contribution in [3.63, 3.8) is 0 Å². The lowest BCUT2D eigenvalue weighted by Gasteiger charge is -2.36. The number of thioether (sulfide) groups is 1. The van der Waals surface area contributed by atoms with E-state index < -0.39 is 18.1 Å². The largest absolute Gasteiger partial charge is 0.497 e. The molecule has 7 nitrogen and oxygen atoms in total. The normalized spacial score (nSPS) is 19.7. The van der Waals surface area contributed by atoms with Gasteiger partial charge in [0.05, 0.1) is 24.7 Å². The number of likely N-dealkylation sites (tertiary alicyclic amines) is 1. The number of aromatic nitrogens is 3. The molecular formula is C25H29FN4O3S. The second-order valence-electron chi connectivity index (χ2n) is 8.51. The Bertz CT molecular complexity index is 1100. The quantitative estimate of drug-likeness (QED) is 0.417. The number of hydrogen-bond acceptors (Lipinski definition) is 7. The molecule has 1 N–H and O–H groups in total. The first kappa shape index (κ1) is 24.3. The van der Waals surface area contributed by atoms with Crippen LogP contribution in [0.15, 0.2) is 54.1 Å².